The van der Waals surface area contributed by atoms with Crippen molar-refractivity contribution < 1.29 is 22.8 Å². The highest BCUT2D eigenvalue weighted by Crippen LogP contribution is 2.37. The fourth-order valence-electron chi connectivity index (χ4n) is 4.31. The van der Waals surface area contributed by atoms with Gasteiger partial charge in [-0.1, -0.05) is 30.3 Å². The van der Waals surface area contributed by atoms with Crippen molar-refractivity contribution in [2.24, 2.45) is 0 Å². The molecule has 1 fully saturated rings. The molecule has 0 bridgehead atoms. The van der Waals surface area contributed by atoms with Crippen LogP contribution >= 0.6 is 0 Å². The summed E-state index contributed by atoms with van der Waals surface area (Å²) >= 11 is 0. The Kier molecular flexibility index (Phi) is 5.81. The van der Waals surface area contributed by atoms with Crippen molar-refractivity contribution in [2.45, 2.75) is 25.1 Å². The number of imide groups is 1. The van der Waals surface area contributed by atoms with Gasteiger partial charge in [-0.25, -0.2) is 4.90 Å². The molecule has 2 aromatic rings. The third kappa shape index (κ3) is 4.02. The van der Waals surface area contributed by atoms with E-state index in [1.165, 1.54) is 12.1 Å². The first-order chi connectivity index (χ1) is 15.2. The lowest BCUT2D eigenvalue weighted by atomic mass is 10.0. The Morgan fingerprint density at radius 1 is 0.906 bits per heavy atom. The highest BCUT2D eigenvalue weighted by Gasteiger charge is 2.43. The van der Waals surface area contributed by atoms with Crippen molar-refractivity contribution in [1.29, 1.82) is 0 Å². The minimum Gasteiger partial charge on any atom is -0.366 e. The molecule has 2 aliphatic heterocycles. The first-order valence-electron chi connectivity index (χ1n) is 10.5. The van der Waals surface area contributed by atoms with Gasteiger partial charge in [0.2, 0.25) is 0 Å². The minimum absolute atomic E-state index is 0.0872. The lowest BCUT2D eigenvalue weighted by molar-refractivity contribution is -0.137. The van der Waals surface area contributed by atoms with Gasteiger partial charge in [0, 0.05) is 13.1 Å². The molecule has 0 atom stereocenters. The number of carbonyl (C=O) groups is 2. The molecule has 0 saturated carbocycles. The van der Waals surface area contributed by atoms with E-state index in [4.69, 9.17) is 0 Å². The third-order valence-electron chi connectivity index (χ3n) is 6.16. The van der Waals surface area contributed by atoms with E-state index in [2.05, 4.69) is 4.90 Å². The molecule has 2 aromatic carbocycles. The number of benzene rings is 2. The summed E-state index contributed by atoms with van der Waals surface area (Å²) in [6, 6.07) is 13.1. The molecule has 5 nitrogen and oxygen atoms in total. The summed E-state index contributed by atoms with van der Waals surface area (Å²) in [6.07, 6.45) is -2.80. The van der Waals surface area contributed by atoms with Gasteiger partial charge in [0.15, 0.2) is 0 Å². The van der Waals surface area contributed by atoms with Crippen molar-refractivity contribution in [1.82, 2.24) is 9.80 Å². The number of amides is 2. The van der Waals surface area contributed by atoms with Gasteiger partial charge in [-0.05, 0) is 62.8 Å². The fourth-order valence-corrected chi connectivity index (χ4v) is 4.31. The molecule has 168 valence electrons. The maximum absolute atomic E-state index is 13.5. The molecular formula is C24H24F3N3O2. The Hall–Kier alpha value is -3.13. The maximum Gasteiger partial charge on any atom is 0.416 e. The topological polar surface area (TPSA) is 43.9 Å². The number of likely N-dealkylation sites (N-methyl/N-ethyl adjacent to an activating group) is 1. The zero-order valence-electron chi connectivity index (χ0n) is 17.9. The smallest absolute Gasteiger partial charge is 0.366 e. The normalized spacial score (nSPS) is 18.6. The number of hydrogen-bond donors (Lipinski definition) is 0. The van der Waals surface area contributed by atoms with Gasteiger partial charge in [-0.15, -0.1) is 0 Å². The van der Waals surface area contributed by atoms with Crippen LogP contribution in [-0.2, 0) is 15.8 Å². The molecule has 0 unspecified atom stereocenters. The van der Waals surface area contributed by atoms with Gasteiger partial charge < -0.3 is 9.80 Å². The molecule has 8 heteroatoms. The number of hydrogen-bond acceptors (Lipinski definition) is 4. The third-order valence-corrected chi connectivity index (χ3v) is 6.16. The van der Waals surface area contributed by atoms with Crippen LogP contribution in [0.2, 0.25) is 0 Å². The Morgan fingerprint density at radius 2 is 1.50 bits per heavy atom. The maximum atomic E-state index is 13.5. The van der Waals surface area contributed by atoms with Gasteiger partial charge >= 0.3 is 6.18 Å². The molecule has 2 heterocycles. The molecule has 0 aliphatic carbocycles. The molecule has 0 radical (unpaired) electrons. The Morgan fingerprint density at radius 3 is 2.06 bits per heavy atom. The Balaban J connectivity index is 1.73. The van der Waals surface area contributed by atoms with Crippen LogP contribution in [0.3, 0.4) is 0 Å². The first-order valence-corrected chi connectivity index (χ1v) is 10.5. The second-order valence-corrected chi connectivity index (χ2v) is 8.23. The molecule has 1 saturated heterocycles. The molecular weight excluding hydrogens is 419 g/mol. The fraction of sp³-hybridized carbons (Fsp3) is 0.333. The standard InChI is InChI=1S/C24H24F3N3O2/c1-28-14-12-18(13-15-28)29(2)21-20(16-6-4-3-5-7-16)22(31)30(23(21)32)19-10-8-17(9-11-19)24(25,26)27/h3-11,18H,12-15H2,1-2H3. The number of nitrogens with zero attached hydrogens (tertiary/aromatic N) is 3. The molecule has 0 N–H and O–H groups in total. The van der Waals surface area contributed by atoms with E-state index < -0.39 is 23.6 Å². The van der Waals surface area contributed by atoms with Crippen molar-refractivity contribution in [2.75, 3.05) is 32.1 Å². The summed E-state index contributed by atoms with van der Waals surface area (Å²) in [4.78, 5) is 32.0. The predicted octanol–water partition coefficient (Wildman–Crippen LogP) is 4.02. The lowest BCUT2D eigenvalue weighted by Gasteiger charge is -2.36. The van der Waals surface area contributed by atoms with Gasteiger partial charge in [0.05, 0.1) is 16.8 Å². The average Bonchev–Trinajstić information content (AvgIpc) is 3.04. The molecule has 0 aromatic heterocycles. The summed E-state index contributed by atoms with van der Waals surface area (Å²) in [5, 5.41) is 0. The van der Waals surface area contributed by atoms with Crippen molar-refractivity contribution >= 4 is 23.1 Å². The highest BCUT2D eigenvalue weighted by molar-refractivity contribution is 6.45. The van der Waals surface area contributed by atoms with Crippen molar-refractivity contribution in [3.05, 3.63) is 71.4 Å². The van der Waals surface area contributed by atoms with E-state index in [0.717, 1.165) is 43.0 Å². The lowest BCUT2D eigenvalue weighted by Crippen LogP contribution is -2.43. The largest absolute Gasteiger partial charge is 0.416 e. The van der Waals surface area contributed by atoms with Crippen LogP contribution in [0, 0.1) is 0 Å². The summed E-state index contributed by atoms with van der Waals surface area (Å²) in [6.45, 7) is 1.77. The van der Waals surface area contributed by atoms with E-state index >= 15 is 0 Å². The van der Waals surface area contributed by atoms with Gasteiger partial charge in [0.25, 0.3) is 11.8 Å². The van der Waals surface area contributed by atoms with E-state index in [0.29, 0.717) is 5.56 Å². The van der Waals surface area contributed by atoms with E-state index in [9.17, 15) is 22.8 Å². The number of halogens is 3. The highest BCUT2D eigenvalue weighted by atomic mass is 19.4. The minimum atomic E-state index is -4.50. The second kappa shape index (κ2) is 8.43. The van der Waals surface area contributed by atoms with E-state index in [1.807, 2.05) is 25.1 Å². The summed E-state index contributed by atoms with van der Waals surface area (Å²) < 4.78 is 38.9. The van der Waals surface area contributed by atoms with Crippen LogP contribution in [0.15, 0.2) is 60.3 Å². The summed E-state index contributed by atoms with van der Waals surface area (Å²) in [7, 11) is 3.86. The van der Waals surface area contributed by atoms with E-state index in [1.54, 1.807) is 24.3 Å². The van der Waals surface area contributed by atoms with Crippen molar-refractivity contribution in [3.8, 4) is 0 Å². The Labute approximate surface area is 184 Å². The molecule has 32 heavy (non-hydrogen) atoms. The first kappa shape index (κ1) is 22.1. The van der Waals surface area contributed by atoms with Crippen LogP contribution < -0.4 is 4.90 Å². The second-order valence-electron chi connectivity index (χ2n) is 8.23. The quantitative estimate of drug-likeness (QED) is 0.670. The zero-order valence-corrected chi connectivity index (χ0v) is 17.9. The predicted molar refractivity (Wildman–Crippen MR) is 116 cm³/mol. The number of likely N-dealkylation sites (tertiary alicyclic amines) is 1. The molecule has 2 amide bonds. The van der Waals surface area contributed by atoms with Crippen LogP contribution in [0.25, 0.3) is 5.57 Å². The molecule has 4 rings (SSSR count). The Bertz CT molecular complexity index is 1040. The zero-order chi connectivity index (χ0) is 23.0. The number of carbonyl (C=O) groups excluding carboxylic acids is 2. The van der Waals surface area contributed by atoms with Gasteiger partial charge in [-0.3, -0.25) is 9.59 Å². The molecule has 0 spiro atoms. The van der Waals surface area contributed by atoms with Crippen LogP contribution in [0.5, 0.6) is 0 Å². The monoisotopic (exact) mass is 443 g/mol. The van der Waals surface area contributed by atoms with Crippen LogP contribution in [0.1, 0.15) is 24.0 Å². The number of anilines is 1. The van der Waals surface area contributed by atoms with E-state index in [-0.39, 0.29) is 23.0 Å². The summed E-state index contributed by atoms with van der Waals surface area (Å²) in [5.74, 6) is -1.05. The van der Waals surface area contributed by atoms with Gasteiger partial charge in [-0.2, -0.15) is 13.2 Å². The SMILES string of the molecule is CN1CCC(N(C)C2=C(c3ccccc3)C(=O)N(c3ccc(C(F)(F)F)cc3)C2=O)CC1. The van der Waals surface area contributed by atoms with Gasteiger partial charge in [0.1, 0.15) is 5.70 Å². The number of rotatable bonds is 4. The van der Waals surface area contributed by atoms with Crippen molar-refractivity contribution in [3.63, 3.8) is 0 Å². The average molecular weight is 443 g/mol. The van der Waals surface area contributed by atoms with Crippen LogP contribution in [-0.4, -0.2) is 54.8 Å². The molecule has 2 aliphatic rings. The summed E-state index contributed by atoms with van der Waals surface area (Å²) in [5.41, 5.74) is 0.455. The number of alkyl halides is 3. The van der Waals surface area contributed by atoms with Crippen LogP contribution in [0.4, 0.5) is 18.9 Å². The number of piperidine rings is 1.